The molecule has 0 unspecified atom stereocenters. The number of alkyl halides is 2. The maximum atomic E-state index is 13.9. The number of carbonyl (C=O) groups excluding carboxylic acids is 3. The average molecular weight is 367 g/mol. The van der Waals surface area contributed by atoms with Gasteiger partial charge in [-0.2, -0.15) is 8.78 Å². The van der Waals surface area contributed by atoms with Crippen LogP contribution in [0.5, 0.6) is 0 Å². The number of benzene rings is 1. The molecule has 0 radical (unpaired) electrons. The molecule has 0 aromatic heterocycles. The molecular formula is C17H19F2N3O4. The van der Waals surface area contributed by atoms with Gasteiger partial charge in [-0.15, -0.1) is 0 Å². The lowest BCUT2D eigenvalue weighted by Crippen LogP contribution is -2.74. The standard InChI is InChI=1S/C17H19F2N3O4/c1-4-13(23)21(3)12-7-5-11(6-8-12)14(24)22-9-16(26,10-22)17(18,19)15(25)20-2/h4-8,26H,1,9-10H2,2-3H3,(H,20,25). The number of carbonyl (C=O) groups is 3. The highest BCUT2D eigenvalue weighted by Gasteiger charge is 2.64. The minimum absolute atomic E-state index is 0.207. The highest BCUT2D eigenvalue weighted by Crippen LogP contribution is 2.37. The van der Waals surface area contributed by atoms with Crippen molar-refractivity contribution in [1.82, 2.24) is 10.2 Å². The van der Waals surface area contributed by atoms with E-state index in [-0.39, 0.29) is 11.5 Å². The Morgan fingerprint density at radius 3 is 2.31 bits per heavy atom. The zero-order valence-corrected chi connectivity index (χ0v) is 14.3. The van der Waals surface area contributed by atoms with E-state index in [0.717, 1.165) is 18.0 Å². The van der Waals surface area contributed by atoms with E-state index in [1.165, 1.54) is 36.2 Å². The number of nitrogens with one attached hydrogen (secondary N) is 1. The molecule has 0 saturated carbocycles. The maximum absolute atomic E-state index is 13.9. The van der Waals surface area contributed by atoms with E-state index in [9.17, 15) is 28.3 Å². The Balaban J connectivity index is 2.07. The number of β-amino-alcohol motifs (C(OH)–C–C–N with tert-alkyl or cyclic N) is 1. The van der Waals surface area contributed by atoms with Crippen LogP contribution in [0.3, 0.4) is 0 Å². The van der Waals surface area contributed by atoms with Gasteiger partial charge < -0.3 is 20.2 Å². The molecule has 3 amide bonds. The van der Waals surface area contributed by atoms with E-state index in [2.05, 4.69) is 6.58 Å². The minimum atomic E-state index is -4.00. The summed E-state index contributed by atoms with van der Waals surface area (Å²) < 4.78 is 27.8. The SMILES string of the molecule is C=CC(=O)N(C)c1ccc(C(=O)N2CC(O)(C(F)(F)C(=O)NC)C2)cc1. The van der Waals surface area contributed by atoms with Crippen molar-refractivity contribution in [2.24, 2.45) is 0 Å². The number of likely N-dealkylation sites (tertiary alicyclic amines) is 1. The summed E-state index contributed by atoms with van der Waals surface area (Å²) in [6.07, 6.45) is 1.15. The molecule has 1 heterocycles. The van der Waals surface area contributed by atoms with Crippen LogP contribution in [-0.2, 0) is 9.59 Å². The molecule has 1 aliphatic heterocycles. The Morgan fingerprint density at radius 1 is 1.31 bits per heavy atom. The summed E-state index contributed by atoms with van der Waals surface area (Å²) >= 11 is 0. The summed E-state index contributed by atoms with van der Waals surface area (Å²) in [5, 5.41) is 11.7. The van der Waals surface area contributed by atoms with E-state index in [1.807, 2.05) is 0 Å². The first-order valence-corrected chi connectivity index (χ1v) is 7.69. The second-order valence-corrected chi connectivity index (χ2v) is 5.99. The van der Waals surface area contributed by atoms with Gasteiger partial charge in [-0.3, -0.25) is 14.4 Å². The van der Waals surface area contributed by atoms with E-state index >= 15 is 0 Å². The van der Waals surface area contributed by atoms with Crippen LogP contribution in [0, 0.1) is 0 Å². The maximum Gasteiger partial charge on any atom is 0.355 e. The fourth-order valence-electron chi connectivity index (χ4n) is 2.57. The van der Waals surface area contributed by atoms with Gasteiger partial charge in [0, 0.05) is 25.3 Å². The molecule has 1 aromatic carbocycles. The lowest BCUT2D eigenvalue weighted by Gasteiger charge is -2.48. The van der Waals surface area contributed by atoms with Gasteiger partial charge in [0.25, 0.3) is 11.8 Å². The lowest BCUT2D eigenvalue weighted by atomic mass is 9.85. The van der Waals surface area contributed by atoms with Crippen molar-refractivity contribution in [3.63, 3.8) is 0 Å². The van der Waals surface area contributed by atoms with Crippen LogP contribution in [0.2, 0.25) is 0 Å². The Kier molecular flexibility index (Phi) is 5.13. The molecule has 0 aliphatic carbocycles. The molecular weight excluding hydrogens is 348 g/mol. The summed E-state index contributed by atoms with van der Waals surface area (Å²) in [6.45, 7) is 2.05. The highest BCUT2D eigenvalue weighted by molar-refractivity contribution is 6.01. The quantitative estimate of drug-likeness (QED) is 0.738. The van der Waals surface area contributed by atoms with Crippen LogP contribution < -0.4 is 10.2 Å². The molecule has 1 saturated heterocycles. The number of anilines is 1. The van der Waals surface area contributed by atoms with Crippen LogP contribution >= 0.6 is 0 Å². The summed E-state index contributed by atoms with van der Waals surface area (Å²) in [5.41, 5.74) is -1.87. The van der Waals surface area contributed by atoms with Crippen molar-refractivity contribution in [1.29, 1.82) is 0 Å². The molecule has 1 aromatic rings. The highest BCUT2D eigenvalue weighted by atomic mass is 19.3. The van der Waals surface area contributed by atoms with Gasteiger partial charge in [0.1, 0.15) is 0 Å². The summed E-state index contributed by atoms with van der Waals surface area (Å²) in [6, 6.07) is 5.94. The molecule has 2 N–H and O–H groups in total. The number of aliphatic hydroxyl groups is 1. The first-order chi connectivity index (χ1) is 12.1. The van der Waals surface area contributed by atoms with Crippen LogP contribution in [0.25, 0.3) is 0 Å². The number of likely N-dealkylation sites (N-methyl/N-ethyl adjacent to an activating group) is 1. The van der Waals surface area contributed by atoms with Gasteiger partial charge in [-0.1, -0.05) is 6.58 Å². The Morgan fingerprint density at radius 2 is 1.85 bits per heavy atom. The molecule has 0 spiro atoms. The third-order valence-corrected chi connectivity index (χ3v) is 4.30. The molecule has 9 heteroatoms. The Labute approximate surface area is 148 Å². The van der Waals surface area contributed by atoms with Crippen molar-refractivity contribution in [3.05, 3.63) is 42.5 Å². The Hall–Kier alpha value is -2.81. The van der Waals surface area contributed by atoms with Gasteiger partial charge in [-0.05, 0) is 30.3 Å². The predicted octanol–water partition coefficient (Wildman–Crippen LogP) is 0.404. The largest absolute Gasteiger partial charge is 0.379 e. The fraction of sp³-hybridized carbons (Fsp3) is 0.353. The van der Waals surface area contributed by atoms with Gasteiger partial charge >= 0.3 is 5.92 Å². The van der Waals surface area contributed by atoms with Crippen molar-refractivity contribution in [3.8, 4) is 0 Å². The van der Waals surface area contributed by atoms with Gasteiger partial charge in [0.15, 0.2) is 5.60 Å². The molecule has 1 fully saturated rings. The van der Waals surface area contributed by atoms with Crippen molar-refractivity contribution in [2.75, 3.05) is 32.1 Å². The first kappa shape index (κ1) is 19.5. The second kappa shape index (κ2) is 6.83. The number of halogens is 2. The zero-order chi connectivity index (χ0) is 19.7. The van der Waals surface area contributed by atoms with E-state index in [0.29, 0.717) is 5.69 Å². The van der Waals surface area contributed by atoms with E-state index in [4.69, 9.17) is 0 Å². The fourth-order valence-corrected chi connectivity index (χ4v) is 2.57. The van der Waals surface area contributed by atoms with Crippen molar-refractivity contribution < 1.29 is 28.3 Å². The minimum Gasteiger partial charge on any atom is -0.379 e. The van der Waals surface area contributed by atoms with E-state index < -0.39 is 36.4 Å². The zero-order valence-electron chi connectivity index (χ0n) is 14.3. The van der Waals surface area contributed by atoms with Crippen molar-refractivity contribution >= 4 is 23.4 Å². The molecule has 7 nitrogen and oxygen atoms in total. The summed E-state index contributed by atoms with van der Waals surface area (Å²) in [7, 11) is 2.58. The number of amides is 3. The molecule has 0 bridgehead atoms. The number of rotatable bonds is 5. The first-order valence-electron chi connectivity index (χ1n) is 7.69. The monoisotopic (exact) mass is 367 g/mol. The van der Waals surface area contributed by atoms with Crippen molar-refractivity contribution in [2.45, 2.75) is 11.5 Å². The smallest absolute Gasteiger partial charge is 0.355 e. The molecule has 140 valence electrons. The average Bonchev–Trinajstić information content (AvgIpc) is 2.62. The van der Waals surface area contributed by atoms with Gasteiger partial charge in [-0.25, -0.2) is 0 Å². The summed E-state index contributed by atoms with van der Waals surface area (Å²) in [5.74, 6) is -6.50. The number of hydrogen-bond acceptors (Lipinski definition) is 4. The number of nitrogens with zero attached hydrogens (tertiary/aromatic N) is 2. The normalized spacial score (nSPS) is 15.7. The van der Waals surface area contributed by atoms with Crippen LogP contribution in [-0.4, -0.2) is 66.4 Å². The molecule has 1 aliphatic rings. The van der Waals surface area contributed by atoms with Crippen LogP contribution in [0.1, 0.15) is 10.4 Å². The molecule has 26 heavy (non-hydrogen) atoms. The van der Waals surface area contributed by atoms with Crippen LogP contribution in [0.15, 0.2) is 36.9 Å². The van der Waals surface area contributed by atoms with E-state index in [1.54, 1.807) is 5.32 Å². The van der Waals surface area contributed by atoms with Gasteiger partial charge in [0.2, 0.25) is 5.91 Å². The van der Waals surface area contributed by atoms with Gasteiger partial charge in [0.05, 0.1) is 13.1 Å². The predicted molar refractivity (Wildman–Crippen MR) is 89.9 cm³/mol. The van der Waals surface area contributed by atoms with Crippen LogP contribution in [0.4, 0.5) is 14.5 Å². The lowest BCUT2D eigenvalue weighted by molar-refractivity contribution is -0.226. The summed E-state index contributed by atoms with van der Waals surface area (Å²) in [4.78, 5) is 37.4. The second-order valence-electron chi connectivity index (χ2n) is 5.99. The topological polar surface area (TPSA) is 90.0 Å². The molecule has 0 atom stereocenters. The Bertz CT molecular complexity index is 743. The third kappa shape index (κ3) is 3.17. The molecule has 2 rings (SSSR count). The number of hydrogen-bond donors (Lipinski definition) is 2. The third-order valence-electron chi connectivity index (χ3n) is 4.30.